The van der Waals surface area contributed by atoms with Crippen molar-refractivity contribution in [2.75, 3.05) is 0 Å². The van der Waals surface area contributed by atoms with Crippen LogP contribution in [0.5, 0.6) is 0 Å². The third kappa shape index (κ3) is 8.59. The van der Waals surface area contributed by atoms with Crippen LogP contribution in [-0.4, -0.2) is 11.9 Å². The molecule has 0 amide bonds. The van der Waals surface area contributed by atoms with Gasteiger partial charge in [-0.15, -0.1) is 11.8 Å². The molecule has 0 spiro atoms. The van der Waals surface area contributed by atoms with Gasteiger partial charge in [0.1, 0.15) is 12.8 Å². The van der Waals surface area contributed by atoms with Crippen molar-refractivity contribution < 1.29 is 14.3 Å². The molecular formula is C12H14O3. The molecule has 3 nitrogen and oxygen atoms in total. The highest BCUT2D eigenvalue weighted by atomic mass is 16.6. The van der Waals surface area contributed by atoms with Crippen LogP contribution < -0.4 is 0 Å². The summed E-state index contributed by atoms with van der Waals surface area (Å²) >= 11 is 0. The summed E-state index contributed by atoms with van der Waals surface area (Å²) in [6.07, 6.45) is 1.29. The van der Waals surface area contributed by atoms with Crippen molar-refractivity contribution in [3.05, 3.63) is 0 Å². The molecule has 0 aliphatic heterocycles. The van der Waals surface area contributed by atoms with E-state index in [0.717, 1.165) is 0 Å². The van der Waals surface area contributed by atoms with E-state index in [9.17, 15) is 9.59 Å². The molecule has 0 heterocycles. The fourth-order valence-electron chi connectivity index (χ4n) is 0.718. The molecule has 0 bridgehead atoms. The highest BCUT2D eigenvalue weighted by molar-refractivity contribution is 5.87. The lowest BCUT2D eigenvalue weighted by Gasteiger charge is -1.95. The van der Waals surface area contributed by atoms with Crippen LogP contribution in [0.15, 0.2) is 0 Å². The lowest BCUT2D eigenvalue weighted by Crippen LogP contribution is -2.10. The number of hydrogen-bond acceptors (Lipinski definition) is 3. The zero-order valence-electron chi connectivity index (χ0n) is 9.05. The fourth-order valence-corrected chi connectivity index (χ4v) is 0.718. The minimum Gasteiger partial charge on any atom is -0.392 e. The van der Waals surface area contributed by atoms with Gasteiger partial charge in [0.2, 0.25) is 0 Å². The maximum atomic E-state index is 11.0. The van der Waals surface area contributed by atoms with E-state index in [1.165, 1.54) is 0 Å². The molecule has 15 heavy (non-hydrogen) atoms. The number of carbonyl (C=O) groups excluding carboxylic acids is 2. The van der Waals surface area contributed by atoms with E-state index in [1.54, 1.807) is 0 Å². The van der Waals surface area contributed by atoms with Gasteiger partial charge in [-0.2, -0.15) is 0 Å². The van der Waals surface area contributed by atoms with Crippen LogP contribution >= 0.6 is 0 Å². The SMILES string of the molecule is CCC#CCC(=O)OC(=O)CC#CCC. The van der Waals surface area contributed by atoms with E-state index >= 15 is 0 Å². The van der Waals surface area contributed by atoms with Crippen molar-refractivity contribution in [2.45, 2.75) is 39.5 Å². The third-order valence-corrected chi connectivity index (χ3v) is 1.30. The smallest absolute Gasteiger partial charge is 0.325 e. The monoisotopic (exact) mass is 206 g/mol. The quantitative estimate of drug-likeness (QED) is 0.392. The molecule has 0 unspecified atom stereocenters. The highest BCUT2D eigenvalue weighted by Crippen LogP contribution is 1.90. The standard InChI is InChI=1S/C12H14O3/c1-3-5-7-9-11(13)15-12(14)10-8-6-4-2/h3-4,9-10H2,1-2H3. The summed E-state index contributed by atoms with van der Waals surface area (Å²) in [5.74, 6) is 9.39. The minimum absolute atomic E-state index is 0.0409. The molecule has 0 saturated heterocycles. The van der Waals surface area contributed by atoms with Gasteiger partial charge >= 0.3 is 11.9 Å². The Labute approximate surface area is 90.2 Å². The Balaban J connectivity index is 3.81. The van der Waals surface area contributed by atoms with Gasteiger partial charge in [0.15, 0.2) is 0 Å². The Hall–Kier alpha value is -1.74. The predicted octanol–water partition coefficient (Wildman–Crippen LogP) is 1.66. The molecule has 0 fully saturated rings. The van der Waals surface area contributed by atoms with E-state index in [0.29, 0.717) is 12.8 Å². The molecule has 3 heteroatoms. The van der Waals surface area contributed by atoms with Gasteiger partial charge in [0, 0.05) is 12.8 Å². The number of carbonyl (C=O) groups is 2. The zero-order valence-corrected chi connectivity index (χ0v) is 9.05. The van der Waals surface area contributed by atoms with E-state index in [1.807, 2.05) is 13.8 Å². The first kappa shape index (κ1) is 13.3. The summed E-state index contributed by atoms with van der Waals surface area (Å²) in [6, 6.07) is 0. The van der Waals surface area contributed by atoms with Crippen molar-refractivity contribution in [1.29, 1.82) is 0 Å². The van der Waals surface area contributed by atoms with Crippen molar-refractivity contribution in [1.82, 2.24) is 0 Å². The van der Waals surface area contributed by atoms with Gasteiger partial charge in [0.05, 0.1) is 0 Å². The summed E-state index contributed by atoms with van der Waals surface area (Å²) in [5.41, 5.74) is 0. The maximum Gasteiger partial charge on any atom is 0.325 e. The highest BCUT2D eigenvalue weighted by Gasteiger charge is 2.06. The largest absolute Gasteiger partial charge is 0.392 e. The number of ether oxygens (including phenoxy) is 1. The average Bonchev–Trinajstić information content (AvgIpc) is 2.18. The molecule has 0 aromatic carbocycles. The van der Waals surface area contributed by atoms with Crippen LogP contribution in [0.1, 0.15) is 39.5 Å². The number of esters is 2. The maximum absolute atomic E-state index is 11.0. The van der Waals surface area contributed by atoms with E-state index in [4.69, 9.17) is 0 Å². The first-order valence-corrected chi connectivity index (χ1v) is 4.85. The first-order chi connectivity index (χ1) is 7.20. The molecule has 0 aliphatic rings. The summed E-state index contributed by atoms with van der Waals surface area (Å²) < 4.78 is 4.46. The lowest BCUT2D eigenvalue weighted by atomic mass is 10.4. The van der Waals surface area contributed by atoms with Crippen LogP contribution in [0.3, 0.4) is 0 Å². The second kappa shape index (κ2) is 8.84. The molecule has 0 saturated carbocycles. The zero-order chi connectivity index (χ0) is 11.5. The molecule has 0 aromatic heterocycles. The van der Waals surface area contributed by atoms with Crippen LogP contribution in [-0.2, 0) is 14.3 Å². The topological polar surface area (TPSA) is 43.4 Å². The number of hydrogen-bond donors (Lipinski definition) is 0. The second-order valence-corrected chi connectivity index (χ2v) is 2.61. The van der Waals surface area contributed by atoms with Crippen LogP contribution in [0.25, 0.3) is 0 Å². The van der Waals surface area contributed by atoms with Gasteiger partial charge < -0.3 is 4.74 Å². The molecule has 0 aliphatic carbocycles. The molecule has 0 radical (unpaired) electrons. The molecule has 0 aromatic rings. The van der Waals surface area contributed by atoms with Crippen molar-refractivity contribution in [2.24, 2.45) is 0 Å². The van der Waals surface area contributed by atoms with Gasteiger partial charge in [-0.1, -0.05) is 25.7 Å². The summed E-state index contributed by atoms with van der Waals surface area (Å²) in [6.45, 7) is 3.76. The van der Waals surface area contributed by atoms with Gasteiger partial charge in [-0.25, -0.2) is 0 Å². The van der Waals surface area contributed by atoms with E-state index < -0.39 is 11.9 Å². The summed E-state index contributed by atoms with van der Waals surface area (Å²) in [4.78, 5) is 21.9. The Kier molecular flexibility index (Phi) is 7.82. The Bertz CT molecular complexity index is 299. The normalized spacial score (nSPS) is 7.87. The van der Waals surface area contributed by atoms with Crippen molar-refractivity contribution in [3.63, 3.8) is 0 Å². The Morgan fingerprint density at radius 2 is 1.27 bits per heavy atom. The van der Waals surface area contributed by atoms with Gasteiger partial charge in [-0.3, -0.25) is 9.59 Å². The molecule has 0 atom stereocenters. The first-order valence-electron chi connectivity index (χ1n) is 4.85. The molecule has 0 N–H and O–H groups in total. The fraction of sp³-hybridized carbons (Fsp3) is 0.500. The van der Waals surface area contributed by atoms with Crippen LogP contribution in [0, 0.1) is 23.7 Å². The minimum atomic E-state index is -0.612. The van der Waals surface area contributed by atoms with Crippen molar-refractivity contribution in [3.8, 4) is 23.7 Å². The average molecular weight is 206 g/mol. The Morgan fingerprint density at radius 1 is 0.867 bits per heavy atom. The van der Waals surface area contributed by atoms with Crippen LogP contribution in [0.4, 0.5) is 0 Å². The molecule has 0 rings (SSSR count). The molecule has 80 valence electrons. The van der Waals surface area contributed by atoms with Crippen molar-refractivity contribution >= 4 is 11.9 Å². The van der Waals surface area contributed by atoms with E-state index in [2.05, 4.69) is 28.4 Å². The van der Waals surface area contributed by atoms with Gasteiger partial charge in [0.25, 0.3) is 0 Å². The molecular weight excluding hydrogens is 192 g/mol. The number of rotatable bonds is 2. The summed E-state index contributed by atoms with van der Waals surface area (Å²) in [5, 5.41) is 0. The van der Waals surface area contributed by atoms with E-state index in [-0.39, 0.29) is 12.8 Å². The van der Waals surface area contributed by atoms with Crippen LogP contribution in [0.2, 0.25) is 0 Å². The lowest BCUT2D eigenvalue weighted by molar-refractivity contribution is -0.158. The summed E-state index contributed by atoms with van der Waals surface area (Å²) in [7, 11) is 0. The second-order valence-electron chi connectivity index (χ2n) is 2.61. The predicted molar refractivity (Wildman–Crippen MR) is 56.5 cm³/mol. The van der Waals surface area contributed by atoms with Gasteiger partial charge in [-0.05, 0) is 0 Å². The third-order valence-electron chi connectivity index (χ3n) is 1.30. The Morgan fingerprint density at radius 3 is 1.60 bits per heavy atom.